The largest absolute Gasteiger partial charge is 0.455 e. The molecule has 2 aromatic carbocycles. The molecule has 0 bridgehead atoms. The van der Waals surface area contributed by atoms with E-state index in [9.17, 15) is 13.2 Å². The molecule has 0 saturated carbocycles. The highest BCUT2D eigenvalue weighted by molar-refractivity contribution is 7.90. The van der Waals surface area contributed by atoms with Gasteiger partial charge in [-0.25, -0.2) is 13.2 Å². The summed E-state index contributed by atoms with van der Waals surface area (Å²) in [5.41, 5.74) is 1.29. The van der Waals surface area contributed by atoms with E-state index in [1.165, 1.54) is 12.1 Å². The van der Waals surface area contributed by atoms with Gasteiger partial charge in [-0.2, -0.15) is 0 Å². The van der Waals surface area contributed by atoms with Crippen LogP contribution in [0.1, 0.15) is 16.1 Å². The molecule has 3 aromatic rings. The zero-order chi connectivity index (χ0) is 17.9. The lowest BCUT2D eigenvalue weighted by atomic mass is 10.2. The molecule has 0 spiro atoms. The van der Waals surface area contributed by atoms with Crippen LogP contribution in [0.4, 0.5) is 0 Å². The number of carbonyl (C=O) groups excluding carboxylic acids is 1. The summed E-state index contributed by atoms with van der Waals surface area (Å²) in [6, 6.07) is 17.0. The Kier molecular flexibility index (Phi) is 4.67. The van der Waals surface area contributed by atoms with Crippen molar-refractivity contribution in [1.29, 1.82) is 0 Å². The summed E-state index contributed by atoms with van der Waals surface area (Å²) in [7, 11) is -3.53. The molecular weight excluding hydrogens is 342 g/mol. The van der Waals surface area contributed by atoms with Crippen molar-refractivity contribution in [3.63, 3.8) is 0 Å². The number of nitrogens with zero attached hydrogens (tertiary/aromatic N) is 1. The summed E-state index contributed by atoms with van der Waals surface area (Å²) >= 11 is 0. The van der Waals surface area contributed by atoms with Gasteiger partial charge in [0.25, 0.3) is 0 Å². The van der Waals surface area contributed by atoms with Crippen molar-refractivity contribution >= 4 is 15.8 Å². The maximum atomic E-state index is 12.2. The Morgan fingerprint density at radius 1 is 1.08 bits per heavy atom. The third kappa shape index (κ3) is 3.95. The normalized spacial score (nSPS) is 11.2. The number of ether oxygens (including phenoxy) is 1. The number of esters is 1. The molecule has 7 heteroatoms. The predicted molar refractivity (Wildman–Crippen MR) is 90.6 cm³/mol. The third-order valence-electron chi connectivity index (χ3n) is 3.47. The minimum absolute atomic E-state index is 0.00298. The van der Waals surface area contributed by atoms with Crippen LogP contribution >= 0.6 is 0 Å². The second kappa shape index (κ2) is 6.90. The van der Waals surface area contributed by atoms with E-state index in [-0.39, 0.29) is 17.1 Å². The average molecular weight is 357 g/mol. The number of aromatic nitrogens is 1. The Morgan fingerprint density at radius 2 is 1.76 bits per heavy atom. The molecule has 0 fully saturated rings. The summed E-state index contributed by atoms with van der Waals surface area (Å²) < 4.78 is 33.9. The molecule has 3 rings (SSSR count). The van der Waals surface area contributed by atoms with Gasteiger partial charge in [-0.1, -0.05) is 47.6 Å². The molecule has 0 aliphatic heterocycles. The standard InChI is InChI=1S/C18H15NO5S/c1-25(21,22)17-10-6-5-9-15(17)18(20)23-12-14-11-16(24-19-14)13-7-3-2-4-8-13/h2-11H,12H2,1H3. The molecule has 6 nitrogen and oxygen atoms in total. The fourth-order valence-corrected chi connectivity index (χ4v) is 3.17. The lowest BCUT2D eigenvalue weighted by molar-refractivity contribution is 0.0459. The fraction of sp³-hybridized carbons (Fsp3) is 0.111. The number of sulfone groups is 1. The second-order valence-corrected chi connectivity index (χ2v) is 7.38. The fourth-order valence-electron chi connectivity index (χ4n) is 2.29. The Bertz CT molecular complexity index is 993. The number of benzene rings is 2. The molecule has 128 valence electrons. The second-order valence-electron chi connectivity index (χ2n) is 5.39. The van der Waals surface area contributed by atoms with Crippen molar-refractivity contribution in [3.8, 4) is 11.3 Å². The molecule has 0 amide bonds. The zero-order valence-electron chi connectivity index (χ0n) is 13.4. The molecule has 0 aliphatic rings. The molecule has 0 unspecified atom stereocenters. The minimum atomic E-state index is -3.53. The van der Waals surface area contributed by atoms with Crippen LogP contribution in [0.15, 0.2) is 70.1 Å². The number of rotatable bonds is 5. The van der Waals surface area contributed by atoms with Gasteiger partial charge in [0.05, 0.1) is 10.5 Å². The maximum Gasteiger partial charge on any atom is 0.339 e. The van der Waals surface area contributed by atoms with Crippen LogP contribution < -0.4 is 0 Å². The average Bonchev–Trinajstić information content (AvgIpc) is 3.09. The van der Waals surface area contributed by atoms with Crippen LogP contribution in [0.2, 0.25) is 0 Å². The Labute approximate surface area is 145 Å². The van der Waals surface area contributed by atoms with Gasteiger partial charge in [-0.15, -0.1) is 0 Å². The van der Waals surface area contributed by atoms with E-state index in [0.29, 0.717) is 11.5 Å². The van der Waals surface area contributed by atoms with E-state index in [4.69, 9.17) is 9.26 Å². The van der Waals surface area contributed by atoms with Gasteiger partial charge in [0.15, 0.2) is 15.6 Å². The van der Waals surface area contributed by atoms with Crippen molar-refractivity contribution < 1.29 is 22.5 Å². The Morgan fingerprint density at radius 3 is 2.48 bits per heavy atom. The lowest BCUT2D eigenvalue weighted by Crippen LogP contribution is -2.11. The predicted octanol–water partition coefficient (Wildman–Crippen LogP) is 3.10. The molecular formula is C18H15NO5S. The topological polar surface area (TPSA) is 86.5 Å². The molecule has 0 N–H and O–H groups in total. The van der Waals surface area contributed by atoms with Crippen LogP contribution in [0, 0.1) is 0 Å². The summed E-state index contributed by atoms with van der Waals surface area (Å²) in [6.07, 6.45) is 1.04. The minimum Gasteiger partial charge on any atom is -0.455 e. The summed E-state index contributed by atoms with van der Waals surface area (Å²) in [5, 5.41) is 3.86. The zero-order valence-corrected chi connectivity index (χ0v) is 14.2. The SMILES string of the molecule is CS(=O)(=O)c1ccccc1C(=O)OCc1cc(-c2ccccc2)on1. The van der Waals surface area contributed by atoms with Gasteiger partial charge < -0.3 is 9.26 Å². The third-order valence-corrected chi connectivity index (χ3v) is 4.63. The highest BCUT2D eigenvalue weighted by Gasteiger charge is 2.19. The van der Waals surface area contributed by atoms with Gasteiger partial charge in [0, 0.05) is 17.9 Å². The first-order chi connectivity index (χ1) is 11.9. The van der Waals surface area contributed by atoms with E-state index in [1.54, 1.807) is 18.2 Å². The molecule has 0 aliphatic carbocycles. The van der Waals surface area contributed by atoms with E-state index in [1.807, 2.05) is 30.3 Å². The van der Waals surface area contributed by atoms with Gasteiger partial charge in [0.2, 0.25) is 0 Å². The lowest BCUT2D eigenvalue weighted by Gasteiger charge is -2.07. The van der Waals surface area contributed by atoms with Crippen molar-refractivity contribution in [3.05, 3.63) is 71.9 Å². The molecule has 0 saturated heterocycles. The number of hydrogen-bond acceptors (Lipinski definition) is 6. The van der Waals surface area contributed by atoms with Crippen molar-refractivity contribution in [2.75, 3.05) is 6.26 Å². The molecule has 0 atom stereocenters. The first kappa shape index (κ1) is 16.9. The van der Waals surface area contributed by atoms with Crippen LogP contribution in [-0.2, 0) is 21.2 Å². The highest BCUT2D eigenvalue weighted by Crippen LogP contribution is 2.21. The molecule has 1 heterocycles. The van der Waals surface area contributed by atoms with Gasteiger partial charge in [0.1, 0.15) is 12.3 Å². The van der Waals surface area contributed by atoms with Gasteiger partial charge in [-0.05, 0) is 12.1 Å². The van der Waals surface area contributed by atoms with E-state index >= 15 is 0 Å². The first-order valence-corrected chi connectivity index (χ1v) is 9.31. The summed E-state index contributed by atoms with van der Waals surface area (Å²) in [4.78, 5) is 12.2. The van der Waals surface area contributed by atoms with Crippen LogP contribution in [-0.4, -0.2) is 25.8 Å². The van der Waals surface area contributed by atoms with Crippen molar-refractivity contribution in [2.45, 2.75) is 11.5 Å². The maximum absolute atomic E-state index is 12.2. The number of carbonyl (C=O) groups is 1. The molecule has 0 radical (unpaired) electrons. The molecule has 25 heavy (non-hydrogen) atoms. The number of hydrogen-bond donors (Lipinski definition) is 0. The molecule has 1 aromatic heterocycles. The smallest absolute Gasteiger partial charge is 0.339 e. The quantitative estimate of drug-likeness (QED) is 0.652. The van der Waals surface area contributed by atoms with Crippen molar-refractivity contribution in [2.24, 2.45) is 0 Å². The van der Waals surface area contributed by atoms with Gasteiger partial charge >= 0.3 is 5.97 Å². The summed E-state index contributed by atoms with van der Waals surface area (Å²) in [5.74, 6) is -0.173. The van der Waals surface area contributed by atoms with Crippen LogP contribution in [0.25, 0.3) is 11.3 Å². The van der Waals surface area contributed by atoms with E-state index < -0.39 is 15.8 Å². The monoisotopic (exact) mass is 357 g/mol. The summed E-state index contributed by atoms with van der Waals surface area (Å²) in [6.45, 7) is -0.118. The Hall–Kier alpha value is -2.93. The van der Waals surface area contributed by atoms with Crippen LogP contribution in [0.3, 0.4) is 0 Å². The van der Waals surface area contributed by atoms with Crippen molar-refractivity contribution in [1.82, 2.24) is 5.16 Å². The van der Waals surface area contributed by atoms with E-state index in [0.717, 1.165) is 11.8 Å². The first-order valence-electron chi connectivity index (χ1n) is 7.42. The van der Waals surface area contributed by atoms with E-state index in [2.05, 4.69) is 5.16 Å². The van der Waals surface area contributed by atoms with Crippen LogP contribution in [0.5, 0.6) is 0 Å². The highest BCUT2D eigenvalue weighted by atomic mass is 32.2. The van der Waals surface area contributed by atoms with Gasteiger partial charge in [-0.3, -0.25) is 0 Å². The Balaban J connectivity index is 1.73.